The van der Waals surface area contributed by atoms with Gasteiger partial charge in [0.05, 0.1) is 29.7 Å². The molecule has 0 aromatic heterocycles. The second-order valence-electron chi connectivity index (χ2n) is 5.79. The van der Waals surface area contributed by atoms with Crippen LogP contribution in [0.15, 0.2) is 18.2 Å². The zero-order valence-electron chi connectivity index (χ0n) is 12.6. The monoisotopic (exact) mass is 356 g/mol. The molecule has 0 radical (unpaired) electrons. The molecule has 2 fully saturated rings. The quantitative estimate of drug-likeness (QED) is 0.835. The van der Waals surface area contributed by atoms with Crippen molar-refractivity contribution >= 4 is 35.0 Å². The number of rotatable bonds is 3. The molecule has 0 aliphatic carbocycles. The van der Waals surface area contributed by atoms with E-state index in [2.05, 4.69) is 0 Å². The van der Waals surface area contributed by atoms with Crippen molar-refractivity contribution in [2.45, 2.75) is 18.9 Å². The van der Waals surface area contributed by atoms with Crippen LogP contribution < -0.4 is 0 Å². The topological polar surface area (TPSA) is 49.9 Å². The smallest absolute Gasteiger partial charge is 0.242 e. The molecule has 0 unspecified atom stereocenters. The number of carbonyl (C=O) groups excluding carboxylic acids is 2. The van der Waals surface area contributed by atoms with Gasteiger partial charge in [-0.15, -0.1) is 0 Å². The Morgan fingerprint density at radius 1 is 1.26 bits per heavy atom. The molecule has 0 N–H and O–H groups in total. The molecule has 124 valence electrons. The molecule has 1 atom stereocenters. The molecule has 2 aliphatic heterocycles. The molecule has 2 amide bonds. The van der Waals surface area contributed by atoms with Crippen LogP contribution in [0.3, 0.4) is 0 Å². The summed E-state index contributed by atoms with van der Waals surface area (Å²) in [5, 5.41) is 0.964. The molecule has 0 spiro atoms. The molecular weight excluding hydrogens is 339 g/mol. The average molecular weight is 357 g/mol. The number of morpholine rings is 1. The molecule has 2 saturated heterocycles. The summed E-state index contributed by atoms with van der Waals surface area (Å²) in [5.74, 6) is 0.0289. The third-order valence-electron chi connectivity index (χ3n) is 4.23. The molecule has 3 rings (SSSR count). The van der Waals surface area contributed by atoms with Crippen molar-refractivity contribution in [2.24, 2.45) is 0 Å². The fourth-order valence-corrected chi connectivity index (χ4v) is 3.23. The number of amides is 2. The second-order valence-corrected chi connectivity index (χ2v) is 6.61. The zero-order valence-corrected chi connectivity index (χ0v) is 14.1. The van der Waals surface area contributed by atoms with Gasteiger partial charge in [-0.05, 0) is 24.1 Å². The molecule has 2 heterocycles. The highest BCUT2D eigenvalue weighted by Gasteiger charge is 2.29. The highest BCUT2D eigenvalue weighted by molar-refractivity contribution is 6.42. The number of halogens is 2. The lowest BCUT2D eigenvalue weighted by Crippen LogP contribution is -2.46. The van der Waals surface area contributed by atoms with E-state index < -0.39 is 0 Å². The summed E-state index contributed by atoms with van der Waals surface area (Å²) in [7, 11) is 0. The minimum Gasteiger partial charge on any atom is -0.370 e. The van der Waals surface area contributed by atoms with E-state index in [0.29, 0.717) is 42.7 Å². The maximum atomic E-state index is 12.4. The first-order valence-corrected chi connectivity index (χ1v) is 8.42. The van der Waals surface area contributed by atoms with E-state index in [4.69, 9.17) is 27.9 Å². The SMILES string of the molecule is O=C1CCCN1CC(=O)N1CCO[C@@H](c2ccc(Cl)c(Cl)c2)C1. The Morgan fingerprint density at radius 2 is 2.09 bits per heavy atom. The van der Waals surface area contributed by atoms with Crippen LogP contribution >= 0.6 is 23.2 Å². The summed E-state index contributed by atoms with van der Waals surface area (Å²) in [5.41, 5.74) is 0.897. The van der Waals surface area contributed by atoms with Crippen molar-refractivity contribution in [2.75, 3.05) is 32.8 Å². The van der Waals surface area contributed by atoms with Gasteiger partial charge in [0.15, 0.2) is 0 Å². The van der Waals surface area contributed by atoms with Gasteiger partial charge in [0.1, 0.15) is 6.10 Å². The van der Waals surface area contributed by atoms with E-state index in [1.807, 2.05) is 6.07 Å². The Balaban J connectivity index is 1.64. The standard InChI is InChI=1S/C16H18Cl2N2O3/c17-12-4-3-11(8-13(12)18)14-9-20(6-7-23-14)16(22)10-19-5-1-2-15(19)21/h3-4,8,14H,1-2,5-7,9-10H2/t14-/m1/s1. The molecule has 7 heteroatoms. The molecule has 2 aliphatic rings. The third-order valence-corrected chi connectivity index (χ3v) is 4.97. The van der Waals surface area contributed by atoms with E-state index in [1.165, 1.54) is 0 Å². The van der Waals surface area contributed by atoms with Crippen molar-refractivity contribution in [1.29, 1.82) is 0 Å². The Kier molecular flexibility index (Phi) is 5.09. The van der Waals surface area contributed by atoms with Crippen LogP contribution in [0.1, 0.15) is 24.5 Å². The molecule has 0 saturated carbocycles. The lowest BCUT2D eigenvalue weighted by atomic mass is 10.1. The van der Waals surface area contributed by atoms with Gasteiger partial charge in [0.25, 0.3) is 0 Å². The van der Waals surface area contributed by atoms with Crippen molar-refractivity contribution < 1.29 is 14.3 Å². The van der Waals surface area contributed by atoms with Gasteiger partial charge < -0.3 is 14.5 Å². The van der Waals surface area contributed by atoms with E-state index >= 15 is 0 Å². The van der Waals surface area contributed by atoms with Crippen molar-refractivity contribution in [3.05, 3.63) is 33.8 Å². The Bertz CT molecular complexity index is 623. The van der Waals surface area contributed by atoms with Crippen LogP contribution in [-0.4, -0.2) is 54.4 Å². The van der Waals surface area contributed by atoms with Crippen LogP contribution in [0.4, 0.5) is 0 Å². The minimum atomic E-state index is -0.225. The van der Waals surface area contributed by atoms with Gasteiger partial charge in [-0.3, -0.25) is 9.59 Å². The van der Waals surface area contributed by atoms with Crippen LogP contribution in [0, 0.1) is 0 Å². The van der Waals surface area contributed by atoms with Crippen molar-refractivity contribution in [1.82, 2.24) is 9.80 Å². The maximum absolute atomic E-state index is 12.4. The van der Waals surface area contributed by atoms with E-state index in [0.717, 1.165) is 12.0 Å². The number of nitrogens with zero attached hydrogens (tertiary/aromatic N) is 2. The predicted molar refractivity (Wildman–Crippen MR) is 87.5 cm³/mol. The van der Waals surface area contributed by atoms with Crippen LogP contribution in [-0.2, 0) is 14.3 Å². The number of hydrogen-bond donors (Lipinski definition) is 0. The minimum absolute atomic E-state index is 0.0337. The van der Waals surface area contributed by atoms with Crippen LogP contribution in [0.25, 0.3) is 0 Å². The molecular formula is C16H18Cl2N2O3. The van der Waals surface area contributed by atoms with Crippen LogP contribution in [0.2, 0.25) is 10.0 Å². The first kappa shape index (κ1) is 16.6. The highest BCUT2D eigenvalue weighted by Crippen LogP contribution is 2.29. The van der Waals surface area contributed by atoms with E-state index in [1.54, 1.807) is 21.9 Å². The first-order valence-electron chi connectivity index (χ1n) is 7.66. The van der Waals surface area contributed by atoms with E-state index in [-0.39, 0.29) is 24.5 Å². The fourth-order valence-electron chi connectivity index (χ4n) is 2.92. The fraction of sp³-hybridized carbons (Fsp3) is 0.500. The molecule has 1 aromatic rings. The summed E-state index contributed by atoms with van der Waals surface area (Å²) in [6.45, 7) is 2.29. The summed E-state index contributed by atoms with van der Waals surface area (Å²) in [6, 6.07) is 5.36. The average Bonchev–Trinajstić information content (AvgIpc) is 2.95. The number of benzene rings is 1. The number of carbonyl (C=O) groups is 2. The molecule has 5 nitrogen and oxygen atoms in total. The molecule has 0 bridgehead atoms. The molecule has 1 aromatic carbocycles. The normalized spacial score (nSPS) is 21.8. The zero-order chi connectivity index (χ0) is 16.4. The lowest BCUT2D eigenvalue weighted by molar-refractivity contribution is -0.143. The Labute approximate surface area is 145 Å². The largest absolute Gasteiger partial charge is 0.370 e. The number of hydrogen-bond acceptors (Lipinski definition) is 3. The van der Waals surface area contributed by atoms with Gasteiger partial charge in [0, 0.05) is 19.5 Å². The number of ether oxygens (including phenoxy) is 1. The summed E-state index contributed by atoms with van der Waals surface area (Å²) in [4.78, 5) is 27.5. The van der Waals surface area contributed by atoms with Gasteiger partial charge >= 0.3 is 0 Å². The highest BCUT2D eigenvalue weighted by atomic mass is 35.5. The maximum Gasteiger partial charge on any atom is 0.242 e. The van der Waals surface area contributed by atoms with E-state index in [9.17, 15) is 9.59 Å². The second kappa shape index (κ2) is 7.07. The van der Waals surface area contributed by atoms with Crippen LogP contribution in [0.5, 0.6) is 0 Å². The first-order chi connectivity index (χ1) is 11.0. The number of likely N-dealkylation sites (tertiary alicyclic amines) is 1. The summed E-state index contributed by atoms with van der Waals surface area (Å²) in [6.07, 6.45) is 1.15. The van der Waals surface area contributed by atoms with Crippen molar-refractivity contribution in [3.63, 3.8) is 0 Å². The Morgan fingerprint density at radius 3 is 2.78 bits per heavy atom. The predicted octanol–water partition coefficient (Wildman–Crippen LogP) is 2.52. The Hall–Kier alpha value is -1.30. The summed E-state index contributed by atoms with van der Waals surface area (Å²) < 4.78 is 5.75. The van der Waals surface area contributed by atoms with Gasteiger partial charge in [0.2, 0.25) is 11.8 Å². The van der Waals surface area contributed by atoms with Crippen molar-refractivity contribution in [3.8, 4) is 0 Å². The molecule has 23 heavy (non-hydrogen) atoms. The summed E-state index contributed by atoms with van der Waals surface area (Å²) >= 11 is 12.0. The van der Waals surface area contributed by atoms with Gasteiger partial charge in [-0.2, -0.15) is 0 Å². The van der Waals surface area contributed by atoms with Gasteiger partial charge in [-0.1, -0.05) is 29.3 Å². The third kappa shape index (κ3) is 3.79. The lowest BCUT2D eigenvalue weighted by Gasteiger charge is -2.34. The van der Waals surface area contributed by atoms with Gasteiger partial charge in [-0.25, -0.2) is 0 Å².